The minimum atomic E-state index is -0.212. The average molecular weight is 413 g/mol. The van der Waals surface area contributed by atoms with Crippen LogP contribution in [0.5, 0.6) is 0 Å². The fourth-order valence-electron chi connectivity index (χ4n) is 4.09. The second-order valence-electron chi connectivity index (χ2n) is 8.03. The largest absolute Gasteiger partial charge is 0.466 e. The maximum Gasteiger partial charge on any atom is 0.293 e. The van der Waals surface area contributed by atoms with Crippen LogP contribution in [0.4, 0.5) is 5.69 Å². The summed E-state index contributed by atoms with van der Waals surface area (Å²) < 4.78 is 10.7. The topological polar surface area (TPSA) is 79.4 Å². The third-order valence-electron chi connectivity index (χ3n) is 5.46. The fourth-order valence-corrected chi connectivity index (χ4v) is 4.09. The van der Waals surface area contributed by atoms with Crippen LogP contribution in [0, 0.1) is 11.3 Å². The molecule has 4 rings (SSSR count). The summed E-state index contributed by atoms with van der Waals surface area (Å²) in [5.74, 6) is 0.308. The van der Waals surface area contributed by atoms with E-state index in [1.807, 2.05) is 36.4 Å². The number of aromatic nitrogens is 1. The van der Waals surface area contributed by atoms with Gasteiger partial charge < -0.3 is 14.1 Å². The molecular formula is C25H23N3O3. The van der Waals surface area contributed by atoms with Gasteiger partial charge in [-0.3, -0.25) is 4.79 Å². The van der Waals surface area contributed by atoms with E-state index in [-0.39, 0.29) is 5.54 Å². The molecule has 6 nitrogen and oxygen atoms in total. The van der Waals surface area contributed by atoms with Crippen molar-refractivity contribution in [1.82, 2.24) is 4.98 Å². The van der Waals surface area contributed by atoms with Crippen molar-refractivity contribution in [3.63, 3.8) is 0 Å². The lowest BCUT2D eigenvalue weighted by molar-refractivity contribution is -0.128. The molecule has 1 aliphatic rings. The molecule has 0 spiro atoms. The molecule has 31 heavy (non-hydrogen) atoms. The molecule has 0 N–H and O–H groups in total. The van der Waals surface area contributed by atoms with Gasteiger partial charge in [-0.2, -0.15) is 5.26 Å². The van der Waals surface area contributed by atoms with Gasteiger partial charge in [0.2, 0.25) is 5.89 Å². The lowest BCUT2D eigenvalue weighted by Gasteiger charge is -2.43. The minimum Gasteiger partial charge on any atom is -0.466 e. The van der Waals surface area contributed by atoms with Gasteiger partial charge in [0.05, 0.1) is 12.1 Å². The Labute approximate surface area is 181 Å². The Morgan fingerprint density at radius 2 is 2.10 bits per heavy atom. The van der Waals surface area contributed by atoms with Crippen LogP contribution < -0.4 is 4.90 Å². The first-order chi connectivity index (χ1) is 14.9. The van der Waals surface area contributed by atoms with Gasteiger partial charge in [-0.05, 0) is 62.2 Å². The van der Waals surface area contributed by atoms with Crippen molar-refractivity contribution in [2.45, 2.75) is 26.3 Å². The summed E-state index contributed by atoms with van der Waals surface area (Å²) in [6.45, 7) is 7.73. The van der Waals surface area contributed by atoms with Crippen LogP contribution in [0.15, 0.2) is 53.0 Å². The lowest BCUT2D eigenvalue weighted by atomic mass is 9.88. The minimum absolute atomic E-state index is 0.212. The molecular weight excluding hydrogens is 390 g/mol. The summed E-state index contributed by atoms with van der Waals surface area (Å²) in [6, 6.07) is 15.7. The molecule has 0 unspecified atom stereocenters. The van der Waals surface area contributed by atoms with E-state index in [1.165, 1.54) is 0 Å². The van der Waals surface area contributed by atoms with Crippen molar-refractivity contribution in [3.8, 4) is 6.07 Å². The van der Waals surface area contributed by atoms with Crippen LogP contribution in [0.2, 0.25) is 0 Å². The average Bonchev–Trinajstić information content (AvgIpc) is 3.18. The number of rotatable bonds is 6. The number of fused-ring (bicyclic) bond motifs is 2. The number of anilines is 1. The molecule has 2 aromatic carbocycles. The van der Waals surface area contributed by atoms with Crippen molar-refractivity contribution in [2.75, 3.05) is 18.1 Å². The summed E-state index contributed by atoms with van der Waals surface area (Å²) in [5, 5.41) is 9.71. The summed E-state index contributed by atoms with van der Waals surface area (Å²) in [6.07, 6.45) is 3.99. The Morgan fingerprint density at radius 3 is 2.84 bits per heavy atom. The summed E-state index contributed by atoms with van der Waals surface area (Å²) in [4.78, 5) is 17.2. The molecule has 0 saturated carbocycles. The number of nitrogens with zero attached hydrogens (tertiary/aromatic N) is 3. The Balaban J connectivity index is 1.72. The molecule has 0 bridgehead atoms. The number of carbonyl (C=O) groups excluding carboxylic acids is 1. The van der Waals surface area contributed by atoms with Crippen LogP contribution in [0.1, 0.15) is 37.8 Å². The number of oxazole rings is 1. The zero-order valence-electron chi connectivity index (χ0n) is 17.8. The molecule has 1 aliphatic heterocycles. The number of allylic oxidation sites excluding steroid dienone is 2. The third-order valence-corrected chi connectivity index (χ3v) is 5.46. The van der Waals surface area contributed by atoms with E-state index in [9.17, 15) is 10.1 Å². The van der Waals surface area contributed by atoms with Crippen molar-refractivity contribution in [3.05, 3.63) is 65.6 Å². The number of para-hydroxylation sites is 2. The van der Waals surface area contributed by atoms with Gasteiger partial charge in [0.25, 0.3) is 6.47 Å². The lowest BCUT2D eigenvalue weighted by Crippen LogP contribution is -2.46. The predicted molar refractivity (Wildman–Crippen MR) is 121 cm³/mol. The second-order valence-corrected chi connectivity index (χ2v) is 8.03. The molecule has 0 radical (unpaired) electrons. The molecule has 156 valence electrons. The van der Waals surface area contributed by atoms with Crippen molar-refractivity contribution < 1.29 is 13.9 Å². The van der Waals surface area contributed by atoms with E-state index < -0.39 is 0 Å². The Bertz CT molecular complexity index is 1210. The highest BCUT2D eigenvalue weighted by Gasteiger charge is 2.31. The fraction of sp³-hybridized carbons (Fsp3) is 0.240. The smallest absolute Gasteiger partial charge is 0.293 e. The number of hydrogen-bond donors (Lipinski definition) is 0. The molecule has 0 atom stereocenters. The number of ether oxygens (including phenoxy) is 1. The highest BCUT2D eigenvalue weighted by molar-refractivity contribution is 5.90. The Kier molecular flexibility index (Phi) is 5.35. The maximum absolute atomic E-state index is 10.6. The summed E-state index contributed by atoms with van der Waals surface area (Å²) in [7, 11) is 0. The zero-order valence-corrected chi connectivity index (χ0v) is 17.8. The molecule has 0 aliphatic carbocycles. The van der Waals surface area contributed by atoms with Gasteiger partial charge in [-0.1, -0.05) is 24.3 Å². The van der Waals surface area contributed by atoms with E-state index in [0.29, 0.717) is 36.7 Å². The second kappa shape index (κ2) is 8.11. The first-order valence-corrected chi connectivity index (χ1v) is 10.1. The highest BCUT2D eigenvalue weighted by atomic mass is 16.5. The Morgan fingerprint density at radius 1 is 1.29 bits per heavy atom. The van der Waals surface area contributed by atoms with Crippen LogP contribution in [0.3, 0.4) is 0 Å². The van der Waals surface area contributed by atoms with E-state index in [1.54, 1.807) is 6.08 Å². The summed E-state index contributed by atoms with van der Waals surface area (Å²) >= 11 is 0. The third kappa shape index (κ3) is 3.95. The molecule has 1 aromatic heterocycles. The maximum atomic E-state index is 10.6. The molecule has 6 heteroatoms. The van der Waals surface area contributed by atoms with Crippen LogP contribution in [0.25, 0.3) is 28.3 Å². The van der Waals surface area contributed by atoms with Gasteiger partial charge in [0, 0.05) is 11.3 Å². The van der Waals surface area contributed by atoms with E-state index in [0.717, 1.165) is 27.9 Å². The first kappa shape index (κ1) is 20.4. The monoisotopic (exact) mass is 413 g/mol. The number of carbonyl (C=O) groups is 1. The van der Waals surface area contributed by atoms with Crippen molar-refractivity contribution >= 4 is 40.5 Å². The van der Waals surface area contributed by atoms with Gasteiger partial charge >= 0.3 is 0 Å². The molecule has 0 amide bonds. The number of hydrogen-bond acceptors (Lipinski definition) is 6. The van der Waals surface area contributed by atoms with Crippen LogP contribution in [-0.2, 0) is 9.53 Å². The molecule has 2 heterocycles. The van der Waals surface area contributed by atoms with Crippen molar-refractivity contribution in [1.29, 1.82) is 5.26 Å². The van der Waals surface area contributed by atoms with E-state index in [4.69, 9.17) is 9.15 Å². The van der Waals surface area contributed by atoms with Crippen LogP contribution in [-0.4, -0.2) is 30.1 Å². The highest BCUT2D eigenvalue weighted by Crippen LogP contribution is 2.39. The molecule has 0 saturated heterocycles. The van der Waals surface area contributed by atoms with Crippen LogP contribution >= 0.6 is 0 Å². The SMILES string of the molecule is CC1=CC(C)(C)N(CCOC=O)c2ccc(/C=C(\C#N)c3nc4ccccc4o3)cc21. The first-order valence-electron chi connectivity index (χ1n) is 10.1. The van der Waals surface area contributed by atoms with Gasteiger partial charge in [-0.25, -0.2) is 4.98 Å². The standard InChI is InChI=1S/C25H23N3O3/c1-17-14-25(2,3)28(10-11-30-16-29)22-9-8-18(13-20(17)22)12-19(15-26)24-27-21-6-4-5-7-23(21)31-24/h4-9,12-14,16H,10-11H2,1-3H3/b19-12+. The molecule has 3 aromatic rings. The number of nitriles is 1. The van der Waals surface area contributed by atoms with Crippen molar-refractivity contribution in [2.24, 2.45) is 0 Å². The van der Waals surface area contributed by atoms with E-state index in [2.05, 4.69) is 48.9 Å². The quantitative estimate of drug-likeness (QED) is 0.319. The van der Waals surface area contributed by atoms with E-state index >= 15 is 0 Å². The Hall–Kier alpha value is -3.85. The van der Waals surface area contributed by atoms with Gasteiger partial charge in [0.15, 0.2) is 5.58 Å². The summed E-state index contributed by atoms with van der Waals surface area (Å²) in [5.41, 5.74) is 5.71. The normalized spacial score (nSPS) is 15.2. The predicted octanol–water partition coefficient (Wildman–Crippen LogP) is 5.07. The number of benzene rings is 2. The van der Waals surface area contributed by atoms with Gasteiger partial charge in [-0.15, -0.1) is 0 Å². The van der Waals surface area contributed by atoms with Gasteiger partial charge in [0.1, 0.15) is 23.8 Å². The zero-order chi connectivity index (χ0) is 22.0. The molecule has 0 fully saturated rings.